The SMILES string of the molecule is CCOC(=O)c1c(N=Cc2c(O)[nH]c(=S)[nH]c2=O)sc2c1CC[C@H](C(C)(C)C)C2. The second-order valence-electron chi connectivity index (χ2n) is 8.14. The molecule has 0 aromatic carbocycles. The minimum atomic E-state index is -0.554. The Morgan fingerprint density at radius 1 is 1.41 bits per heavy atom. The third-order valence-corrected chi connectivity index (χ3v) is 6.59. The third-order valence-electron chi connectivity index (χ3n) is 5.22. The summed E-state index contributed by atoms with van der Waals surface area (Å²) in [6.07, 6.45) is 3.93. The van der Waals surface area contributed by atoms with Crippen molar-refractivity contribution in [2.75, 3.05) is 6.61 Å². The van der Waals surface area contributed by atoms with Crippen molar-refractivity contribution in [1.29, 1.82) is 0 Å². The number of aromatic nitrogens is 2. The smallest absolute Gasteiger partial charge is 0.341 e. The fourth-order valence-corrected chi connectivity index (χ4v) is 4.99. The average Bonchev–Trinajstić information content (AvgIpc) is 2.97. The molecule has 156 valence electrons. The van der Waals surface area contributed by atoms with Gasteiger partial charge >= 0.3 is 5.97 Å². The first-order valence-electron chi connectivity index (χ1n) is 9.53. The first kappa shape index (κ1) is 21.4. The number of aromatic hydroxyl groups is 1. The molecule has 0 fully saturated rings. The number of carbonyl (C=O) groups is 1. The van der Waals surface area contributed by atoms with Crippen LogP contribution in [0, 0.1) is 16.1 Å². The highest BCUT2D eigenvalue weighted by atomic mass is 32.1. The van der Waals surface area contributed by atoms with Gasteiger partial charge in [0, 0.05) is 11.1 Å². The normalized spacial score (nSPS) is 16.8. The van der Waals surface area contributed by atoms with Crippen LogP contribution in [0.4, 0.5) is 5.00 Å². The van der Waals surface area contributed by atoms with E-state index in [-0.39, 0.29) is 28.2 Å². The molecular formula is C20H25N3O4S2. The van der Waals surface area contributed by atoms with E-state index in [1.807, 2.05) is 0 Å². The Balaban J connectivity index is 2.05. The van der Waals surface area contributed by atoms with E-state index in [0.29, 0.717) is 16.5 Å². The van der Waals surface area contributed by atoms with E-state index in [2.05, 4.69) is 35.7 Å². The Kier molecular flexibility index (Phi) is 6.09. The first-order chi connectivity index (χ1) is 13.6. The van der Waals surface area contributed by atoms with Crippen LogP contribution in [0.2, 0.25) is 0 Å². The summed E-state index contributed by atoms with van der Waals surface area (Å²) in [5, 5.41) is 10.5. The lowest BCUT2D eigenvalue weighted by Gasteiger charge is -2.33. The van der Waals surface area contributed by atoms with Crippen molar-refractivity contribution in [3.8, 4) is 5.88 Å². The van der Waals surface area contributed by atoms with E-state index in [4.69, 9.17) is 17.0 Å². The van der Waals surface area contributed by atoms with Crippen molar-refractivity contribution < 1.29 is 14.6 Å². The van der Waals surface area contributed by atoms with Gasteiger partial charge in [-0.05, 0) is 55.3 Å². The summed E-state index contributed by atoms with van der Waals surface area (Å²) in [5.74, 6) is -0.257. The number of aromatic amines is 2. The molecule has 29 heavy (non-hydrogen) atoms. The summed E-state index contributed by atoms with van der Waals surface area (Å²) < 4.78 is 5.28. The zero-order valence-corrected chi connectivity index (χ0v) is 18.6. The second-order valence-corrected chi connectivity index (χ2v) is 9.63. The molecule has 0 radical (unpaired) electrons. The molecule has 2 heterocycles. The molecule has 0 amide bonds. The number of rotatable bonds is 4. The van der Waals surface area contributed by atoms with Gasteiger partial charge in [-0.2, -0.15) is 0 Å². The van der Waals surface area contributed by atoms with Crippen LogP contribution in [-0.4, -0.2) is 33.9 Å². The highest BCUT2D eigenvalue weighted by Gasteiger charge is 2.34. The van der Waals surface area contributed by atoms with Crippen molar-refractivity contribution in [2.45, 2.75) is 47.0 Å². The van der Waals surface area contributed by atoms with Gasteiger partial charge in [-0.3, -0.25) is 9.78 Å². The first-order valence-corrected chi connectivity index (χ1v) is 10.8. The molecule has 0 spiro atoms. The number of aliphatic imine (C=N–C) groups is 1. The number of H-pyrrole nitrogens is 2. The summed E-state index contributed by atoms with van der Waals surface area (Å²) in [6.45, 7) is 8.73. The van der Waals surface area contributed by atoms with E-state index in [1.165, 1.54) is 17.6 Å². The fourth-order valence-electron chi connectivity index (χ4n) is 3.54. The standard InChI is InChI=1S/C20H25N3O4S2/c1-5-27-18(26)14-11-7-6-10(20(2,3)4)8-13(11)29-17(14)21-9-12-15(24)22-19(28)23-16(12)25/h9-10H,5-8H2,1-4H3,(H3,22,23,24,25,28)/t10-/m0/s1. The minimum Gasteiger partial charge on any atom is -0.494 e. The van der Waals surface area contributed by atoms with E-state index in [9.17, 15) is 14.7 Å². The van der Waals surface area contributed by atoms with Gasteiger partial charge in [0.15, 0.2) is 4.77 Å². The highest BCUT2D eigenvalue weighted by molar-refractivity contribution is 7.71. The minimum absolute atomic E-state index is 0.0247. The van der Waals surface area contributed by atoms with Gasteiger partial charge in [0.2, 0.25) is 5.88 Å². The van der Waals surface area contributed by atoms with E-state index in [1.54, 1.807) is 6.92 Å². The molecule has 7 nitrogen and oxygen atoms in total. The molecule has 0 unspecified atom stereocenters. The topological polar surface area (TPSA) is 108 Å². The number of carbonyl (C=O) groups excluding carboxylic acids is 1. The summed E-state index contributed by atoms with van der Waals surface area (Å²) in [7, 11) is 0. The Hall–Kier alpha value is -2.26. The number of hydrogen-bond donors (Lipinski definition) is 3. The van der Waals surface area contributed by atoms with E-state index in [0.717, 1.165) is 29.7 Å². The average molecular weight is 436 g/mol. The van der Waals surface area contributed by atoms with Crippen molar-refractivity contribution in [3.63, 3.8) is 0 Å². The fraction of sp³-hybridized carbons (Fsp3) is 0.500. The van der Waals surface area contributed by atoms with E-state index >= 15 is 0 Å². The zero-order chi connectivity index (χ0) is 21.3. The van der Waals surface area contributed by atoms with Crippen LogP contribution in [0.15, 0.2) is 9.79 Å². The quantitative estimate of drug-likeness (QED) is 0.377. The molecule has 0 saturated carbocycles. The van der Waals surface area contributed by atoms with Gasteiger partial charge in [-0.25, -0.2) is 9.79 Å². The lowest BCUT2D eigenvalue weighted by Crippen LogP contribution is -2.26. The molecule has 1 aliphatic carbocycles. The monoisotopic (exact) mass is 435 g/mol. The Labute approximate surface area is 177 Å². The molecule has 0 aliphatic heterocycles. The number of fused-ring (bicyclic) bond motifs is 1. The molecule has 2 aromatic rings. The van der Waals surface area contributed by atoms with Crippen molar-refractivity contribution in [2.24, 2.45) is 16.3 Å². The van der Waals surface area contributed by atoms with Crippen molar-refractivity contribution >= 4 is 40.7 Å². The third kappa shape index (κ3) is 4.51. The summed E-state index contributed by atoms with van der Waals surface area (Å²) >= 11 is 6.28. The molecule has 3 rings (SSSR count). The van der Waals surface area contributed by atoms with Crippen molar-refractivity contribution in [3.05, 3.63) is 36.7 Å². The lowest BCUT2D eigenvalue weighted by molar-refractivity contribution is 0.0526. The summed E-state index contributed by atoms with van der Waals surface area (Å²) in [5.41, 5.74) is 1.03. The number of hydrogen-bond acceptors (Lipinski definition) is 7. The maximum Gasteiger partial charge on any atom is 0.341 e. The lowest BCUT2D eigenvalue weighted by atomic mass is 9.72. The van der Waals surface area contributed by atoms with Crippen LogP contribution in [0.1, 0.15) is 60.5 Å². The predicted octanol–water partition coefficient (Wildman–Crippen LogP) is 4.28. The molecule has 2 aromatic heterocycles. The zero-order valence-electron chi connectivity index (χ0n) is 16.9. The number of nitrogens with zero attached hydrogens (tertiary/aromatic N) is 1. The van der Waals surface area contributed by atoms with Crippen LogP contribution in [0.3, 0.4) is 0 Å². The summed E-state index contributed by atoms with van der Waals surface area (Å²) in [4.78, 5) is 35.1. The molecule has 0 bridgehead atoms. The van der Waals surface area contributed by atoms with Crippen LogP contribution in [0.25, 0.3) is 0 Å². The van der Waals surface area contributed by atoms with Gasteiger partial charge in [-0.15, -0.1) is 11.3 Å². The van der Waals surface area contributed by atoms with Crippen LogP contribution in [-0.2, 0) is 17.6 Å². The number of ether oxygens (including phenoxy) is 1. The number of esters is 1. The van der Waals surface area contributed by atoms with Gasteiger partial charge in [0.05, 0.1) is 12.2 Å². The molecule has 1 aliphatic rings. The van der Waals surface area contributed by atoms with Gasteiger partial charge in [0.1, 0.15) is 10.6 Å². The van der Waals surface area contributed by atoms with Crippen LogP contribution < -0.4 is 5.56 Å². The van der Waals surface area contributed by atoms with Crippen LogP contribution >= 0.6 is 23.6 Å². The van der Waals surface area contributed by atoms with Crippen molar-refractivity contribution in [1.82, 2.24) is 9.97 Å². The Morgan fingerprint density at radius 3 is 2.76 bits per heavy atom. The molecule has 3 N–H and O–H groups in total. The van der Waals surface area contributed by atoms with Gasteiger partial charge in [-0.1, -0.05) is 20.8 Å². The van der Waals surface area contributed by atoms with Crippen LogP contribution in [0.5, 0.6) is 5.88 Å². The number of nitrogens with one attached hydrogen (secondary N) is 2. The molecule has 0 saturated heterocycles. The highest BCUT2D eigenvalue weighted by Crippen LogP contribution is 2.45. The van der Waals surface area contributed by atoms with Gasteiger partial charge < -0.3 is 14.8 Å². The molecule has 1 atom stereocenters. The number of thiophene rings is 1. The van der Waals surface area contributed by atoms with E-state index < -0.39 is 11.5 Å². The van der Waals surface area contributed by atoms with Gasteiger partial charge in [0.25, 0.3) is 5.56 Å². The maximum atomic E-state index is 12.6. The molecular weight excluding hydrogens is 410 g/mol. The second kappa shape index (κ2) is 8.23. The largest absolute Gasteiger partial charge is 0.494 e. The Morgan fingerprint density at radius 2 is 2.14 bits per heavy atom. The summed E-state index contributed by atoms with van der Waals surface area (Å²) in [6, 6.07) is 0. The Bertz CT molecular complexity index is 1070. The maximum absolute atomic E-state index is 12.6. The molecule has 9 heteroatoms. The predicted molar refractivity (Wildman–Crippen MR) is 116 cm³/mol.